The van der Waals surface area contributed by atoms with E-state index in [1.54, 1.807) is 36.4 Å². The van der Waals surface area contributed by atoms with Crippen molar-refractivity contribution >= 4 is 39.1 Å². The Kier molecular flexibility index (Phi) is 5.33. The van der Waals surface area contributed by atoms with Crippen LogP contribution in [0, 0.1) is 5.92 Å². The van der Waals surface area contributed by atoms with Crippen LogP contribution in [-0.2, 0) is 4.79 Å². The number of benzene rings is 2. The summed E-state index contributed by atoms with van der Waals surface area (Å²) in [5.74, 6) is -0.350. The molecule has 5 heteroatoms. The number of nitrogens with one attached hydrogen (secondary N) is 2. The highest BCUT2D eigenvalue weighted by Gasteiger charge is 2.09. The lowest BCUT2D eigenvalue weighted by Gasteiger charge is -2.10. The van der Waals surface area contributed by atoms with Gasteiger partial charge in [-0.15, -0.1) is 0 Å². The van der Waals surface area contributed by atoms with Crippen molar-refractivity contribution in [3.05, 3.63) is 58.6 Å². The average molecular weight is 361 g/mol. The van der Waals surface area contributed by atoms with Gasteiger partial charge in [0.05, 0.1) is 0 Å². The van der Waals surface area contributed by atoms with Gasteiger partial charge in [-0.05, 0) is 42.5 Å². The zero-order valence-corrected chi connectivity index (χ0v) is 14.0. The molecule has 2 aromatic rings. The molecular formula is C17H17BrN2O2. The third kappa shape index (κ3) is 4.43. The summed E-state index contributed by atoms with van der Waals surface area (Å²) < 4.78 is 0.919. The molecule has 2 aromatic carbocycles. The van der Waals surface area contributed by atoms with E-state index in [0.29, 0.717) is 16.9 Å². The zero-order valence-electron chi connectivity index (χ0n) is 12.4. The summed E-state index contributed by atoms with van der Waals surface area (Å²) in [6, 6.07) is 14.2. The first-order chi connectivity index (χ1) is 10.5. The van der Waals surface area contributed by atoms with Crippen LogP contribution in [0.1, 0.15) is 24.2 Å². The Morgan fingerprint density at radius 3 is 2.14 bits per heavy atom. The van der Waals surface area contributed by atoms with Crippen LogP contribution in [0.2, 0.25) is 0 Å². The number of rotatable bonds is 4. The van der Waals surface area contributed by atoms with E-state index in [1.807, 2.05) is 26.0 Å². The van der Waals surface area contributed by atoms with Crippen LogP contribution in [0.4, 0.5) is 11.4 Å². The summed E-state index contributed by atoms with van der Waals surface area (Å²) in [5, 5.41) is 5.62. The van der Waals surface area contributed by atoms with Gasteiger partial charge in [0.2, 0.25) is 5.91 Å². The topological polar surface area (TPSA) is 58.2 Å². The summed E-state index contributed by atoms with van der Waals surface area (Å²) in [6.07, 6.45) is 0. The monoisotopic (exact) mass is 360 g/mol. The molecule has 0 atom stereocenters. The van der Waals surface area contributed by atoms with Gasteiger partial charge in [0.15, 0.2) is 0 Å². The van der Waals surface area contributed by atoms with E-state index in [4.69, 9.17) is 0 Å². The van der Waals surface area contributed by atoms with Gasteiger partial charge in [-0.1, -0.05) is 35.8 Å². The SMILES string of the molecule is CC(C)C(=O)Nc1cccc(NC(=O)c2ccc(Br)cc2)c1. The third-order valence-corrected chi connectivity index (χ3v) is 3.55. The molecule has 0 fully saturated rings. The number of halogens is 1. The number of hydrogen-bond donors (Lipinski definition) is 2. The molecule has 0 aliphatic rings. The second kappa shape index (κ2) is 7.22. The van der Waals surface area contributed by atoms with Crippen LogP contribution in [-0.4, -0.2) is 11.8 Å². The van der Waals surface area contributed by atoms with E-state index >= 15 is 0 Å². The van der Waals surface area contributed by atoms with Crippen LogP contribution in [0.3, 0.4) is 0 Å². The quantitative estimate of drug-likeness (QED) is 0.853. The first kappa shape index (κ1) is 16.2. The number of amides is 2. The number of carbonyl (C=O) groups excluding carboxylic acids is 2. The van der Waals surface area contributed by atoms with Crippen LogP contribution in [0.25, 0.3) is 0 Å². The minimum absolute atomic E-state index is 0.0589. The van der Waals surface area contributed by atoms with E-state index in [9.17, 15) is 9.59 Å². The molecule has 0 spiro atoms. The number of anilines is 2. The molecule has 0 heterocycles. The molecule has 114 valence electrons. The van der Waals surface area contributed by atoms with Gasteiger partial charge < -0.3 is 10.6 Å². The van der Waals surface area contributed by atoms with Gasteiger partial charge in [-0.25, -0.2) is 0 Å². The molecule has 0 radical (unpaired) electrons. The predicted molar refractivity (Wildman–Crippen MR) is 92.0 cm³/mol. The van der Waals surface area contributed by atoms with Gasteiger partial charge in [-0.3, -0.25) is 9.59 Å². The molecule has 0 bridgehead atoms. The third-order valence-electron chi connectivity index (χ3n) is 3.02. The fourth-order valence-corrected chi connectivity index (χ4v) is 2.03. The summed E-state index contributed by atoms with van der Waals surface area (Å²) in [5.41, 5.74) is 1.86. The van der Waals surface area contributed by atoms with E-state index in [2.05, 4.69) is 26.6 Å². The molecule has 2 amide bonds. The molecule has 2 N–H and O–H groups in total. The van der Waals surface area contributed by atoms with Crippen LogP contribution < -0.4 is 10.6 Å². The first-order valence-electron chi connectivity index (χ1n) is 6.93. The second-order valence-corrected chi connectivity index (χ2v) is 6.10. The average Bonchev–Trinajstić information content (AvgIpc) is 2.48. The van der Waals surface area contributed by atoms with Crippen molar-refractivity contribution in [3.63, 3.8) is 0 Å². The standard InChI is InChI=1S/C17H17BrN2O2/c1-11(2)16(21)19-14-4-3-5-15(10-14)20-17(22)12-6-8-13(18)9-7-12/h3-11H,1-2H3,(H,19,21)(H,20,22). The summed E-state index contributed by atoms with van der Waals surface area (Å²) in [6.45, 7) is 3.66. The normalized spacial score (nSPS) is 10.4. The van der Waals surface area contributed by atoms with E-state index in [1.165, 1.54) is 0 Å². The maximum Gasteiger partial charge on any atom is 0.255 e. The van der Waals surface area contributed by atoms with Crippen molar-refractivity contribution < 1.29 is 9.59 Å². The Labute approximate surface area is 138 Å². The molecular weight excluding hydrogens is 344 g/mol. The maximum atomic E-state index is 12.2. The van der Waals surface area contributed by atoms with Crippen molar-refractivity contribution in [3.8, 4) is 0 Å². The van der Waals surface area contributed by atoms with Crippen LogP contribution in [0.5, 0.6) is 0 Å². The lowest BCUT2D eigenvalue weighted by molar-refractivity contribution is -0.118. The van der Waals surface area contributed by atoms with Crippen LogP contribution >= 0.6 is 15.9 Å². The molecule has 0 aliphatic heterocycles. The number of carbonyl (C=O) groups is 2. The molecule has 2 rings (SSSR count). The van der Waals surface area contributed by atoms with E-state index in [0.717, 1.165) is 4.47 Å². The summed E-state index contributed by atoms with van der Waals surface area (Å²) in [4.78, 5) is 23.8. The van der Waals surface area contributed by atoms with Gasteiger partial charge in [0.1, 0.15) is 0 Å². The fourth-order valence-electron chi connectivity index (χ4n) is 1.77. The highest BCUT2D eigenvalue weighted by molar-refractivity contribution is 9.10. The molecule has 0 unspecified atom stereocenters. The van der Waals surface area contributed by atoms with Crippen LogP contribution in [0.15, 0.2) is 53.0 Å². The minimum Gasteiger partial charge on any atom is -0.326 e. The minimum atomic E-state index is -0.195. The summed E-state index contributed by atoms with van der Waals surface area (Å²) >= 11 is 3.33. The van der Waals surface area contributed by atoms with Crippen molar-refractivity contribution in [1.29, 1.82) is 0 Å². The smallest absolute Gasteiger partial charge is 0.255 e. The van der Waals surface area contributed by atoms with Gasteiger partial charge in [0.25, 0.3) is 5.91 Å². The Morgan fingerprint density at radius 1 is 0.955 bits per heavy atom. The van der Waals surface area contributed by atoms with Crippen molar-refractivity contribution in [2.45, 2.75) is 13.8 Å². The Balaban J connectivity index is 2.08. The van der Waals surface area contributed by atoms with Crippen molar-refractivity contribution in [2.75, 3.05) is 10.6 Å². The second-order valence-electron chi connectivity index (χ2n) is 5.19. The van der Waals surface area contributed by atoms with Crippen molar-refractivity contribution in [2.24, 2.45) is 5.92 Å². The lowest BCUT2D eigenvalue weighted by atomic mass is 10.2. The Hall–Kier alpha value is -2.14. The maximum absolute atomic E-state index is 12.2. The Bertz CT molecular complexity index is 681. The first-order valence-corrected chi connectivity index (χ1v) is 7.73. The largest absolute Gasteiger partial charge is 0.326 e. The molecule has 0 saturated heterocycles. The molecule has 0 aliphatic carbocycles. The van der Waals surface area contributed by atoms with Gasteiger partial charge in [-0.2, -0.15) is 0 Å². The van der Waals surface area contributed by atoms with Gasteiger partial charge in [0, 0.05) is 27.3 Å². The number of hydrogen-bond acceptors (Lipinski definition) is 2. The van der Waals surface area contributed by atoms with Gasteiger partial charge >= 0.3 is 0 Å². The summed E-state index contributed by atoms with van der Waals surface area (Å²) in [7, 11) is 0. The molecule has 22 heavy (non-hydrogen) atoms. The Morgan fingerprint density at radius 2 is 1.55 bits per heavy atom. The molecule has 4 nitrogen and oxygen atoms in total. The lowest BCUT2D eigenvalue weighted by Crippen LogP contribution is -2.18. The van der Waals surface area contributed by atoms with Crippen molar-refractivity contribution in [1.82, 2.24) is 0 Å². The zero-order chi connectivity index (χ0) is 16.1. The predicted octanol–water partition coefficient (Wildman–Crippen LogP) is 4.30. The molecule has 0 saturated carbocycles. The van der Waals surface area contributed by atoms with E-state index in [-0.39, 0.29) is 17.7 Å². The van der Waals surface area contributed by atoms with E-state index < -0.39 is 0 Å². The fraction of sp³-hybridized carbons (Fsp3) is 0.176. The molecule has 0 aromatic heterocycles. The highest BCUT2D eigenvalue weighted by Crippen LogP contribution is 2.17. The highest BCUT2D eigenvalue weighted by atomic mass is 79.9.